The lowest BCUT2D eigenvalue weighted by molar-refractivity contribution is -0.123. The highest BCUT2D eigenvalue weighted by Crippen LogP contribution is 2.27. The van der Waals surface area contributed by atoms with Gasteiger partial charge in [0.25, 0.3) is 11.8 Å². The number of nitrogens with one attached hydrogen (secondary N) is 2. The summed E-state index contributed by atoms with van der Waals surface area (Å²) in [6, 6.07) is 1.45. The van der Waals surface area contributed by atoms with E-state index in [1.807, 2.05) is 0 Å². The van der Waals surface area contributed by atoms with Crippen LogP contribution in [0.3, 0.4) is 0 Å². The van der Waals surface area contributed by atoms with Crippen molar-refractivity contribution in [3.05, 3.63) is 29.3 Å². The molecule has 2 aromatic rings. The predicted molar refractivity (Wildman–Crippen MR) is 85.9 cm³/mol. The summed E-state index contributed by atoms with van der Waals surface area (Å²) in [7, 11) is 1.68. The van der Waals surface area contributed by atoms with Gasteiger partial charge in [-0.3, -0.25) is 19.4 Å². The highest BCUT2D eigenvalue weighted by atomic mass is 19.4. The molecule has 0 bridgehead atoms. The zero-order valence-corrected chi connectivity index (χ0v) is 14.5. The zero-order chi connectivity index (χ0) is 19.6. The summed E-state index contributed by atoms with van der Waals surface area (Å²) in [6.45, 7) is -0.416. The van der Waals surface area contributed by atoms with Gasteiger partial charge >= 0.3 is 6.18 Å². The highest BCUT2D eigenvalue weighted by Gasteiger charge is 2.30. The molecule has 12 heteroatoms. The van der Waals surface area contributed by atoms with Crippen molar-refractivity contribution in [1.29, 1.82) is 0 Å². The van der Waals surface area contributed by atoms with Crippen molar-refractivity contribution in [1.82, 2.24) is 35.4 Å². The summed E-state index contributed by atoms with van der Waals surface area (Å²) in [5.74, 6) is -1.05. The maximum atomic E-state index is 12.3. The van der Waals surface area contributed by atoms with Crippen molar-refractivity contribution >= 4 is 11.8 Å². The average Bonchev–Trinajstić information content (AvgIpc) is 3.28. The summed E-state index contributed by atoms with van der Waals surface area (Å²) in [5, 5.41) is 15.8. The van der Waals surface area contributed by atoms with Crippen LogP contribution in [-0.4, -0.2) is 67.7 Å². The fraction of sp³-hybridized carbons (Fsp3) is 0.533. The van der Waals surface area contributed by atoms with Crippen LogP contribution in [0.25, 0.3) is 0 Å². The molecule has 2 N–H and O–H groups in total. The van der Waals surface area contributed by atoms with Crippen LogP contribution in [-0.2, 0) is 7.05 Å². The summed E-state index contributed by atoms with van der Waals surface area (Å²) >= 11 is 0. The first-order chi connectivity index (χ1) is 12.7. The molecule has 0 saturated carbocycles. The maximum Gasteiger partial charge on any atom is 0.405 e. The third kappa shape index (κ3) is 4.63. The van der Waals surface area contributed by atoms with E-state index in [0.717, 1.165) is 0 Å². The van der Waals surface area contributed by atoms with E-state index in [-0.39, 0.29) is 23.2 Å². The van der Waals surface area contributed by atoms with E-state index in [2.05, 4.69) is 20.5 Å². The number of aryl methyl sites for hydroxylation is 1. The molecule has 0 radical (unpaired) electrons. The Morgan fingerprint density at radius 2 is 2.00 bits per heavy atom. The topological polar surface area (TPSA) is 109 Å². The van der Waals surface area contributed by atoms with Crippen LogP contribution in [0.2, 0.25) is 0 Å². The standard InChI is InChI=1S/C15H18F3N7O2/c1-24-7-12(22-23-24)14(27)25-4-2-9(3-5-25)10-6-11(21-20-10)13(26)19-8-15(16,17)18/h6-7,9H,2-5,8H2,1H3,(H,19,26)(H,20,21). The number of H-pyrrole nitrogens is 1. The van der Waals surface area contributed by atoms with Gasteiger partial charge < -0.3 is 10.2 Å². The van der Waals surface area contributed by atoms with Gasteiger partial charge in [0.15, 0.2) is 5.69 Å². The van der Waals surface area contributed by atoms with E-state index in [4.69, 9.17) is 0 Å². The first kappa shape index (κ1) is 18.9. The number of rotatable bonds is 4. The fourth-order valence-corrected chi connectivity index (χ4v) is 2.93. The second-order valence-electron chi connectivity index (χ2n) is 6.35. The molecule has 146 valence electrons. The number of nitrogens with zero attached hydrogens (tertiary/aromatic N) is 5. The first-order valence-corrected chi connectivity index (χ1v) is 8.29. The average molecular weight is 385 g/mol. The van der Waals surface area contributed by atoms with Gasteiger partial charge in [-0.05, 0) is 18.9 Å². The number of carbonyl (C=O) groups excluding carboxylic acids is 2. The quantitative estimate of drug-likeness (QED) is 0.811. The molecule has 1 fully saturated rings. The molecule has 27 heavy (non-hydrogen) atoms. The van der Waals surface area contributed by atoms with Gasteiger partial charge in [0.2, 0.25) is 0 Å². The van der Waals surface area contributed by atoms with E-state index in [1.54, 1.807) is 23.5 Å². The van der Waals surface area contributed by atoms with Crippen molar-refractivity contribution < 1.29 is 22.8 Å². The molecule has 0 aliphatic carbocycles. The monoisotopic (exact) mass is 385 g/mol. The minimum atomic E-state index is -4.47. The van der Waals surface area contributed by atoms with Crippen molar-refractivity contribution in [2.75, 3.05) is 19.6 Å². The van der Waals surface area contributed by atoms with Crippen molar-refractivity contribution in [2.45, 2.75) is 24.9 Å². The second-order valence-corrected chi connectivity index (χ2v) is 6.35. The van der Waals surface area contributed by atoms with Gasteiger partial charge in [0.05, 0.1) is 6.20 Å². The largest absolute Gasteiger partial charge is 0.405 e. The van der Waals surface area contributed by atoms with E-state index in [9.17, 15) is 22.8 Å². The molecular formula is C15H18F3N7O2. The molecule has 2 aromatic heterocycles. The second kappa shape index (κ2) is 7.37. The van der Waals surface area contributed by atoms with Crippen LogP contribution in [0.15, 0.2) is 12.3 Å². The summed E-state index contributed by atoms with van der Waals surface area (Å²) in [6.07, 6.45) is -1.65. The first-order valence-electron chi connectivity index (χ1n) is 8.29. The lowest BCUT2D eigenvalue weighted by atomic mass is 9.93. The third-order valence-electron chi connectivity index (χ3n) is 4.32. The van der Waals surface area contributed by atoms with Crippen LogP contribution in [0.5, 0.6) is 0 Å². The molecule has 2 amide bonds. The van der Waals surface area contributed by atoms with Gasteiger partial charge in [-0.15, -0.1) is 5.10 Å². The van der Waals surface area contributed by atoms with Crippen molar-refractivity contribution in [2.24, 2.45) is 7.05 Å². The molecule has 0 atom stereocenters. The number of halogens is 3. The summed E-state index contributed by atoms with van der Waals surface area (Å²) < 4.78 is 38.0. The molecule has 0 spiro atoms. The number of amides is 2. The highest BCUT2D eigenvalue weighted by molar-refractivity contribution is 5.92. The Balaban J connectivity index is 1.55. The summed E-state index contributed by atoms with van der Waals surface area (Å²) in [4.78, 5) is 25.7. The Morgan fingerprint density at radius 1 is 1.30 bits per heavy atom. The maximum absolute atomic E-state index is 12.3. The lowest BCUT2D eigenvalue weighted by Crippen LogP contribution is -2.38. The van der Waals surface area contributed by atoms with E-state index < -0.39 is 18.6 Å². The Bertz CT molecular complexity index is 821. The van der Waals surface area contributed by atoms with Crippen molar-refractivity contribution in [3.8, 4) is 0 Å². The summed E-state index contributed by atoms with van der Waals surface area (Å²) in [5.41, 5.74) is 0.854. The van der Waals surface area contributed by atoms with Gasteiger partial charge in [0.1, 0.15) is 12.2 Å². The number of likely N-dealkylation sites (tertiary alicyclic amines) is 1. The van der Waals surface area contributed by atoms with Gasteiger partial charge in [-0.1, -0.05) is 5.21 Å². The minimum absolute atomic E-state index is 0.0348. The molecule has 1 aliphatic rings. The normalized spacial score (nSPS) is 15.8. The van der Waals surface area contributed by atoms with Gasteiger partial charge in [-0.25, -0.2) is 0 Å². The number of hydrogen-bond acceptors (Lipinski definition) is 5. The molecule has 0 aromatic carbocycles. The zero-order valence-electron chi connectivity index (χ0n) is 14.5. The SMILES string of the molecule is Cn1cc(C(=O)N2CCC(c3cc(C(=O)NCC(F)(F)F)n[nH]3)CC2)nn1. The molecule has 1 saturated heterocycles. The van der Waals surface area contributed by atoms with E-state index in [0.29, 0.717) is 31.6 Å². The molecule has 9 nitrogen and oxygen atoms in total. The van der Waals surface area contributed by atoms with Gasteiger partial charge in [-0.2, -0.15) is 18.3 Å². The van der Waals surface area contributed by atoms with E-state index >= 15 is 0 Å². The molecule has 0 unspecified atom stereocenters. The minimum Gasteiger partial charge on any atom is -0.342 e. The van der Waals surface area contributed by atoms with Crippen molar-refractivity contribution in [3.63, 3.8) is 0 Å². The Morgan fingerprint density at radius 3 is 2.59 bits per heavy atom. The molecule has 1 aliphatic heterocycles. The van der Waals surface area contributed by atoms with Gasteiger partial charge in [0, 0.05) is 31.7 Å². The van der Waals surface area contributed by atoms with Crippen LogP contribution < -0.4 is 5.32 Å². The number of aromatic amines is 1. The number of alkyl halides is 3. The number of hydrogen-bond donors (Lipinski definition) is 2. The fourth-order valence-electron chi connectivity index (χ4n) is 2.93. The number of carbonyl (C=O) groups is 2. The van der Waals surface area contributed by atoms with Crippen LogP contribution in [0.4, 0.5) is 13.2 Å². The Kier molecular flexibility index (Phi) is 5.15. The predicted octanol–water partition coefficient (Wildman–Crippen LogP) is 0.850. The molecule has 3 rings (SSSR count). The molecule has 3 heterocycles. The Labute approximate surface area is 151 Å². The lowest BCUT2D eigenvalue weighted by Gasteiger charge is -2.30. The van der Waals surface area contributed by atoms with Crippen LogP contribution >= 0.6 is 0 Å². The molecular weight excluding hydrogens is 367 g/mol. The number of aromatic nitrogens is 5. The van der Waals surface area contributed by atoms with Crippen LogP contribution in [0.1, 0.15) is 45.4 Å². The Hall–Kier alpha value is -2.92. The van der Waals surface area contributed by atoms with E-state index in [1.165, 1.54) is 10.7 Å². The van der Waals surface area contributed by atoms with Crippen LogP contribution in [0, 0.1) is 0 Å². The third-order valence-corrected chi connectivity index (χ3v) is 4.32. The smallest absolute Gasteiger partial charge is 0.342 e. The number of piperidine rings is 1.